The number of benzene rings is 1. The molecule has 0 spiro atoms. The summed E-state index contributed by atoms with van der Waals surface area (Å²) < 4.78 is 5.28. The fourth-order valence-corrected chi connectivity index (χ4v) is 1.72. The average molecular weight is 337 g/mol. The van der Waals surface area contributed by atoms with Gasteiger partial charge in [0.25, 0.3) is 5.91 Å². The molecule has 0 aromatic heterocycles. The number of hydrogen-bond acceptors (Lipinski definition) is 3. The van der Waals surface area contributed by atoms with Crippen LogP contribution < -0.4 is 5.32 Å². The monoisotopic (exact) mass is 335 g/mol. The quantitative estimate of drug-likeness (QED) is 0.861. The van der Waals surface area contributed by atoms with Crippen molar-refractivity contribution >= 4 is 39.4 Å². The van der Waals surface area contributed by atoms with E-state index in [4.69, 9.17) is 21.4 Å². The summed E-state index contributed by atoms with van der Waals surface area (Å²) in [6.45, 7) is -0.101. The van der Waals surface area contributed by atoms with Gasteiger partial charge in [-0.05, 0) is 34.1 Å². The van der Waals surface area contributed by atoms with Gasteiger partial charge in [-0.1, -0.05) is 11.6 Å². The fraction of sp³-hybridized carbons (Fsp3) is 0.273. The zero-order chi connectivity index (χ0) is 13.7. The molecule has 0 aliphatic carbocycles. The zero-order valence-corrected chi connectivity index (χ0v) is 11.8. The van der Waals surface area contributed by atoms with E-state index < -0.39 is 17.9 Å². The second-order valence-corrected chi connectivity index (χ2v) is 4.71. The van der Waals surface area contributed by atoms with Crippen LogP contribution in [0.15, 0.2) is 22.7 Å². The lowest BCUT2D eigenvalue weighted by Crippen LogP contribution is -2.43. The normalized spacial score (nSPS) is 11.9. The van der Waals surface area contributed by atoms with Gasteiger partial charge in [-0.15, -0.1) is 0 Å². The van der Waals surface area contributed by atoms with Crippen molar-refractivity contribution in [2.75, 3.05) is 13.7 Å². The molecule has 0 aliphatic rings. The van der Waals surface area contributed by atoms with Crippen LogP contribution in [0.25, 0.3) is 0 Å². The predicted octanol–water partition coefficient (Wildman–Crippen LogP) is 1.93. The van der Waals surface area contributed by atoms with Crippen LogP contribution in [0, 0.1) is 0 Å². The first-order chi connectivity index (χ1) is 8.45. The summed E-state index contributed by atoms with van der Waals surface area (Å²) in [6, 6.07) is 3.49. The lowest BCUT2D eigenvalue weighted by Gasteiger charge is -2.13. The van der Waals surface area contributed by atoms with Gasteiger partial charge in [-0.3, -0.25) is 4.79 Å². The fourth-order valence-electron chi connectivity index (χ4n) is 1.22. The number of methoxy groups -OCH3 is 1. The summed E-state index contributed by atoms with van der Waals surface area (Å²) in [5.74, 6) is -1.66. The minimum atomic E-state index is -1.15. The molecule has 0 saturated carbocycles. The van der Waals surface area contributed by atoms with Crippen molar-refractivity contribution in [1.29, 1.82) is 0 Å². The van der Waals surface area contributed by atoms with Crippen LogP contribution in [0.5, 0.6) is 0 Å². The van der Waals surface area contributed by atoms with Gasteiger partial charge in [0.1, 0.15) is 0 Å². The van der Waals surface area contributed by atoms with E-state index in [1.165, 1.54) is 19.2 Å². The topological polar surface area (TPSA) is 75.6 Å². The van der Waals surface area contributed by atoms with E-state index in [2.05, 4.69) is 21.2 Å². The SMILES string of the molecule is COCC(NC(=O)c1ccc(Cl)c(Br)c1)C(=O)O. The number of amides is 1. The van der Waals surface area contributed by atoms with Crippen molar-refractivity contribution in [3.05, 3.63) is 33.3 Å². The summed E-state index contributed by atoms with van der Waals surface area (Å²) in [4.78, 5) is 22.7. The average Bonchev–Trinajstić information content (AvgIpc) is 2.31. The highest BCUT2D eigenvalue weighted by Gasteiger charge is 2.20. The standard InChI is InChI=1S/C11H11BrClNO4/c1-18-5-9(11(16)17)14-10(15)6-2-3-8(13)7(12)4-6/h2-4,9H,5H2,1H3,(H,14,15)(H,16,17). The third-order valence-electron chi connectivity index (χ3n) is 2.12. The van der Waals surface area contributed by atoms with Crippen molar-refractivity contribution in [2.24, 2.45) is 0 Å². The molecule has 1 amide bonds. The molecule has 0 aliphatic heterocycles. The first kappa shape index (κ1) is 14.9. The minimum Gasteiger partial charge on any atom is -0.480 e. The number of ether oxygens (including phenoxy) is 1. The van der Waals surface area contributed by atoms with Gasteiger partial charge in [0.2, 0.25) is 0 Å². The van der Waals surface area contributed by atoms with Gasteiger partial charge in [0.15, 0.2) is 6.04 Å². The van der Waals surface area contributed by atoms with Crippen molar-refractivity contribution in [3.63, 3.8) is 0 Å². The first-order valence-corrected chi connectivity index (χ1v) is 6.10. The van der Waals surface area contributed by atoms with Gasteiger partial charge < -0.3 is 15.2 Å². The van der Waals surface area contributed by atoms with E-state index in [1.54, 1.807) is 6.07 Å². The number of carboxylic acids is 1. The molecule has 0 fully saturated rings. The number of nitrogens with one attached hydrogen (secondary N) is 1. The molecular formula is C11H11BrClNO4. The Balaban J connectivity index is 2.80. The van der Waals surface area contributed by atoms with Crippen molar-refractivity contribution in [1.82, 2.24) is 5.32 Å². The molecule has 1 unspecified atom stereocenters. The van der Waals surface area contributed by atoms with Crippen LogP contribution in [0.3, 0.4) is 0 Å². The van der Waals surface area contributed by atoms with Crippen LogP contribution in [-0.4, -0.2) is 36.7 Å². The highest BCUT2D eigenvalue weighted by atomic mass is 79.9. The molecule has 1 atom stereocenters. The van der Waals surface area contributed by atoms with E-state index in [-0.39, 0.29) is 6.61 Å². The molecule has 7 heteroatoms. The smallest absolute Gasteiger partial charge is 0.328 e. The van der Waals surface area contributed by atoms with E-state index >= 15 is 0 Å². The Morgan fingerprint density at radius 2 is 2.22 bits per heavy atom. The second-order valence-electron chi connectivity index (χ2n) is 3.45. The Morgan fingerprint density at radius 3 is 2.72 bits per heavy atom. The lowest BCUT2D eigenvalue weighted by atomic mass is 10.2. The molecule has 0 bridgehead atoms. The molecule has 1 aromatic carbocycles. The molecule has 0 saturated heterocycles. The van der Waals surface area contributed by atoms with Crippen molar-refractivity contribution in [3.8, 4) is 0 Å². The Morgan fingerprint density at radius 1 is 1.56 bits per heavy atom. The number of rotatable bonds is 5. The van der Waals surface area contributed by atoms with Crippen LogP contribution in [0.1, 0.15) is 10.4 Å². The third-order valence-corrected chi connectivity index (χ3v) is 3.33. The summed E-state index contributed by atoms with van der Waals surface area (Å²) >= 11 is 8.99. The van der Waals surface area contributed by atoms with E-state index in [9.17, 15) is 9.59 Å². The first-order valence-electron chi connectivity index (χ1n) is 4.93. The summed E-state index contributed by atoms with van der Waals surface area (Å²) in [5.41, 5.74) is 0.314. The highest BCUT2D eigenvalue weighted by molar-refractivity contribution is 9.10. The number of carbonyl (C=O) groups is 2. The van der Waals surface area contributed by atoms with Gasteiger partial charge in [0, 0.05) is 17.1 Å². The van der Waals surface area contributed by atoms with Crippen LogP contribution in [0.2, 0.25) is 5.02 Å². The largest absolute Gasteiger partial charge is 0.480 e. The van der Waals surface area contributed by atoms with Crippen molar-refractivity contribution < 1.29 is 19.4 Å². The minimum absolute atomic E-state index is 0.101. The maximum atomic E-state index is 11.8. The van der Waals surface area contributed by atoms with Gasteiger partial charge in [-0.25, -0.2) is 4.79 Å². The Kier molecular flexibility index (Phi) is 5.58. The van der Waals surface area contributed by atoms with E-state index in [0.29, 0.717) is 15.1 Å². The summed E-state index contributed by atoms with van der Waals surface area (Å²) in [5, 5.41) is 11.7. The van der Waals surface area contributed by atoms with Crippen LogP contribution >= 0.6 is 27.5 Å². The van der Waals surface area contributed by atoms with Crippen LogP contribution in [0.4, 0.5) is 0 Å². The lowest BCUT2D eigenvalue weighted by molar-refractivity contribution is -0.140. The number of carboxylic acid groups (broad SMARTS) is 1. The van der Waals surface area contributed by atoms with Crippen LogP contribution in [-0.2, 0) is 9.53 Å². The van der Waals surface area contributed by atoms with Crippen molar-refractivity contribution in [2.45, 2.75) is 6.04 Å². The molecule has 18 heavy (non-hydrogen) atoms. The highest BCUT2D eigenvalue weighted by Crippen LogP contribution is 2.23. The molecule has 2 N–H and O–H groups in total. The maximum Gasteiger partial charge on any atom is 0.328 e. The summed E-state index contributed by atoms with van der Waals surface area (Å²) in [7, 11) is 1.36. The third kappa shape index (κ3) is 3.97. The Hall–Kier alpha value is -1.11. The van der Waals surface area contributed by atoms with Gasteiger partial charge in [0.05, 0.1) is 11.6 Å². The van der Waals surface area contributed by atoms with E-state index in [0.717, 1.165) is 0 Å². The molecule has 1 rings (SSSR count). The maximum absolute atomic E-state index is 11.8. The Bertz CT molecular complexity index is 466. The molecule has 0 heterocycles. The Labute approximate surface area is 117 Å². The zero-order valence-electron chi connectivity index (χ0n) is 9.44. The molecule has 98 valence electrons. The number of hydrogen-bond donors (Lipinski definition) is 2. The summed E-state index contributed by atoms with van der Waals surface area (Å²) in [6.07, 6.45) is 0. The number of carbonyl (C=O) groups excluding carboxylic acids is 1. The van der Waals surface area contributed by atoms with Gasteiger partial charge in [-0.2, -0.15) is 0 Å². The predicted molar refractivity (Wildman–Crippen MR) is 69.9 cm³/mol. The number of halogens is 2. The van der Waals surface area contributed by atoms with Gasteiger partial charge >= 0.3 is 5.97 Å². The second kappa shape index (κ2) is 6.72. The molecular weight excluding hydrogens is 325 g/mol. The molecule has 1 aromatic rings. The van der Waals surface area contributed by atoms with E-state index in [1.807, 2.05) is 0 Å². The molecule has 0 radical (unpaired) electrons. The molecule has 5 nitrogen and oxygen atoms in total. The number of aliphatic carboxylic acids is 1.